The van der Waals surface area contributed by atoms with Gasteiger partial charge in [0.2, 0.25) is 5.91 Å². The second kappa shape index (κ2) is 7.93. The predicted molar refractivity (Wildman–Crippen MR) is 117 cm³/mol. The van der Waals surface area contributed by atoms with Gasteiger partial charge in [-0.05, 0) is 48.0 Å². The van der Waals surface area contributed by atoms with Crippen LogP contribution in [0.15, 0.2) is 72.8 Å². The van der Waals surface area contributed by atoms with Gasteiger partial charge in [-0.1, -0.05) is 41.9 Å². The van der Waals surface area contributed by atoms with Crippen LogP contribution in [0.3, 0.4) is 0 Å². The molecule has 0 radical (unpaired) electrons. The number of nitrogens with zero attached hydrogens (tertiary/aromatic N) is 2. The number of hydroxylamine groups is 1. The summed E-state index contributed by atoms with van der Waals surface area (Å²) < 4.78 is 19.4. The highest BCUT2D eigenvalue weighted by Crippen LogP contribution is 2.48. The van der Waals surface area contributed by atoms with Gasteiger partial charge < -0.3 is 4.74 Å². The Balaban J connectivity index is 1.59. The molecule has 2 amide bonds. The van der Waals surface area contributed by atoms with Crippen molar-refractivity contribution in [1.82, 2.24) is 0 Å². The smallest absolute Gasteiger partial charge is 0.266 e. The van der Waals surface area contributed by atoms with Crippen molar-refractivity contribution in [3.05, 3.63) is 89.2 Å². The molecule has 0 unspecified atom stereocenters. The SMILES string of the molecule is COc1cccc([C@@H]2[C@@H]3C(=O)N(c4ccc(Cl)c(F)c4)C(=O)[C@H]3ON2c2ccccc2)c1. The zero-order chi connectivity index (χ0) is 22.4. The maximum absolute atomic E-state index is 14.1. The number of hydrogen-bond acceptors (Lipinski definition) is 5. The van der Waals surface area contributed by atoms with Gasteiger partial charge in [-0.2, -0.15) is 0 Å². The van der Waals surface area contributed by atoms with E-state index in [1.807, 2.05) is 48.5 Å². The lowest BCUT2D eigenvalue weighted by molar-refractivity contribution is -0.126. The zero-order valence-electron chi connectivity index (χ0n) is 16.9. The van der Waals surface area contributed by atoms with Crippen molar-refractivity contribution >= 4 is 34.8 Å². The monoisotopic (exact) mass is 452 g/mol. The second-order valence-corrected chi connectivity index (χ2v) is 7.95. The van der Waals surface area contributed by atoms with Crippen LogP contribution >= 0.6 is 11.6 Å². The molecule has 0 aromatic heterocycles. The number of anilines is 2. The number of carbonyl (C=O) groups excluding carboxylic acids is 2. The van der Waals surface area contributed by atoms with Crippen molar-refractivity contribution in [2.75, 3.05) is 17.1 Å². The molecule has 3 aromatic carbocycles. The summed E-state index contributed by atoms with van der Waals surface area (Å²) in [7, 11) is 1.56. The highest BCUT2D eigenvalue weighted by Gasteiger charge is 2.60. The lowest BCUT2D eigenvalue weighted by Crippen LogP contribution is -2.37. The quantitative estimate of drug-likeness (QED) is 0.544. The van der Waals surface area contributed by atoms with Crippen LogP contribution in [0.1, 0.15) is 11.6 Å². The molecule has 2 aliphatic heterocycles. The van der Waals surface area contributed by atoms with Crippen LogP contribution in [0.2, 0.25) is 5.02 Å². The Morgan fingerprint density at radius 3 is 2.44 bits per heavy atom. The fraction of sp³-hybridized carbons (Fsp3) is 0.167. The molecule has 0 N–H and O–H groups in total. The molecule has 32 heavy (non-hydrogen) atoms. The van der Waals surface area contributed by atoms with E-state index >= 15 is 0 Å². The third-order valence-electron chi connectivity index (χ3n) is 5.72. The van der Waals surface area contributed by atoms with E-state index in [1.54, 1.807) is 18.2 Å². The lowest BCUT2D eigenvalue weighted by Gasteiger charge is -2.29. The fourth-order valence-corrected chi connectivity index (χ4v) is 4.37. The van der Waals surface area contributed by atoms with Crippen LogP contribution in [-0.2, 0) is 14.4 Å². The van der Waals surface area contributed by atoms with E-state index in [4.69, 9.17) is 21.2 Å². The van der Waals surface area contributed by atoms with Crippen LogP contribution in [0.5, 0.6) is 5.75 Å². The Morgan fingerprint density at radius 2 is 1.72 bits per heavy atom. The summed E-state index contributed by atoms with van der Waals surface area (Å²) in [5.74, 6) is -1.93. The lowest BCUT2D eigenvalue weighted by atomic mass is 9.90. The average Bonchev–Trinajstić information content (AvgIpc) is 3.32. The minimum absolute atomic E-state index is 0.0891. The standard InChI is InChI=1S/C24H18ClFN2O4/c1-31-17-9-5-6-14(12-17)21-20-22(32-28(21)15-7-3-2-4-8-15)24(30)27(23(20)29)16-10-11-18(25)19(26)13-16/h2-13,20-22H,1H3/t20-,21+,22-/m0/s1. The van der Waals surface area contributed by atoms with E-state index < -0.39 is 35.7 Å². The Morgan fingerprint density at radius 1 is 0.938 bits per heavy atom. The van der Waals surface area contributed by atoms with Gasteiger partial charge in [0.15, 0.2) is 6.10 Å². The first kappa shape index (κ1) is 20.5. The topological polar surface area (TPSA) is 59.1 Å². The number of halogens is 2. The molecule has 3 atom stereocenters. The summed E-state index contributed by atoms with van der Waals surface area (Å²) in [6.45, 7) is 0. The number of amides is 2. The first-order chi connectivity index (χ1) is 15.5. The number of benzene rings is 3. The van der Waals surface area contributed by atoms with E-state index in [1.165, 1.54) is 12.1 Å². The molecule has 2 saturated heterocycles. The Bertz CT molecular complexity index is 1210. The van der Waals surface area contributed by atoms with Crippen molar-refractivity contribution in [2.45, 2.75) is 12.1 Å². The van der Waals surface area contributed by atoms with Crippen LogP contribution in [0, 0.1) is 11.7 Å². The van der Waals surface area contributed by atoms with Crippen molar-refractivity contribution in [3.8, 4) is 5.75 Å². The Kier molecular flexibility index (Phi) is 5.07. The van der Waals surface area contributed by atoms with Gasteiger partial charge in [0.25, 0.3) is 5.91 Å². The molecule has 0 spiro atoms. The molecular weight excluding hydrogens is 435 g/mol. The van der Waals surface area contributed by atoms with Gasteiger partial charge in [0, 0.05) is 0 Å². The third-order valence-corrected chi connectivity index (χ3v) is 6.03. The number of imide groups is 1. The maximum Gasteiger partial charge on any atom is 0.266 e. The number of methoxy groups -OCH3 is 1. The highest BCUT2D eigenvalue weighted by molar-refractivity contribution is 6.31. The first-order valence-corrected chi connectivity index (χ1v) is 10.4. The van der Waals surface area contributed by atoms with Gasteiger partial charge in [0.1, 0.15) is 17.5 Å². The molecule has 2 heterocycles. The van der Waals surface area contributed by atoms with Gasteiger partial charge >= 0.3 is 0 Å². The predicted octanol–water partition coefficient (Wildman–Crippen LogP) is 4.54. The van der Waals surface area contributed by atoms with E-state index in [0.717, 1.165) is 16.5 Å². The number of hydrogen-bond donors (Lipinski definition) is 0. The summed E-state index contributed by atoms with van der Waals surface area (Å²) in [5, 5.41) is 1.51. The highest BCUT2D eigenvalue weighted by atomic mass is 35.5. The van der Waals surface area contributed by atoms with E-state index in [-0.39, 0.29) is 10.7 Å². The molecule has 3 aromatic rings. The first-order valence-electron chi connectivity index (χ1n) is 9.97. The normalized spacial score (nSPS) is 22.4. The molecule has 6 nitrogen and oxygen atoms in total. The average molecular weight is 453 g/mol. The molecule has 0 bridgehead atoms. The number of fused-ring (bicyclic) bond motifs is 1. The van der Waals surface area contributed by atoms with Crippen LogP contribution < -0.4 is 14.7 Å². The molecule has 0 aliphatic carbocycles. The maximum atomic E-state index is 14.1. The number of ether oxygens (including phenoxy) is 1. The largest absolute Gasteiger partial charge is 0.497 e. The number of rotatable bonds is 4. The van der Waals surface area contributed by atoms with Crippen molar-refractivity contribution < 1.29 is 23.6 Å². The van der Waals surface area contributed by atoms with Crippen LogP contribution in [-0.4, -0.2) is 25.0 Å². The van der Waals surface area contributed by atoms with E-state index in [0.29, 0.717) is 11.4 Å². The van der Waals surface area contributed by atoms with Crippen molar-refractivity contribution in [2.24, 2.45) is 5.92 Å². The molecule has 2 fully saturated rings. The Hall–Kier alpha value is -3.42. The van der Waals surface area contributed by atoms with E-state index in [2.05, 4.69) is 0 Å². The summed E-state index contributed by atoms with van der Waals surface area (Å²) in [6, 6.07) is 19.8. The number of para-hydroxylation sites is 1. The van der Waals surface area contributed by atoms with Gasteiger partial charge in [0.05, 0.1) is 29.5 Å². The van der Waals surface area contributed by atoms with Gasteiger partial charge in [-0.15, -0.1) is 0 Å². The molecule has 5 rings (SSSR count). The Labute approximate surface area is 188 Å². The summed E-state index contributed by atoms with van der Waals surface area (Å²) in [5.41, 5.74) is 1.58. The molecule has 8 heteroatoms. The molecule has 0 saturated carbocycles. The third kappa shape index (κ3) is 3.21. The van der Waals surface area contributed by atoms with Crippen LogP contribution in [0.25, 0.3) is 0 Å². The second-order valence-electron chi connectivity index (χ2n) is 7.54. The van der Waals surface area contributed by atoms with Gasteiger partial charge in [-0.3, -0.25) is 14.4 Å². The molecular formula is C24H18ClFN2O4. The minimum atomic E-state index is -1.04. The van der Waals surface area contributed by atoms with E-state index in [9.17, 15) is 14.0 Å². The fourth-order valence-electron chi connectivity index (χ4n) is 4.26. The zero-order valence-corrected chi connectivity index (χ0v) is 17.7. The van der Waals surface area contributed by atoms with Crippen LogP contribution in [0.4, 0.5) is 15.8 Å². The summed E-state index contributed by atoms with van der Waals surface area (Å²) in [6.07, 6.45) is -1.04. The summed E-state index contributed by atoms with van der Waals surface area (Å²) in [4.78, 5) is 33.8. The molecule has 2 aliphatic rings. The molecule has 162 valence electrons. The minimum Gasteiger partial charge on any atom is -0.497 e. The van der Waals surface area contributed by atoms with Crippen molar-refractivity contribution in [3.63, 3.8) is 0 Å². The summed E-state index contributed by atoms with van der Waals surface area (Å²) >= 11 is 5.77. The van der Waals surface area contributed by atoms with Crippen molar-refractivity contribution in [1.29, 1.82) is 0 Å². The van der Waals surface area contributed by atoms with Gasteiger partial charge in [-0.25, -0.2) is 14.4 Å². The number of carbonyl (C=O) groups is 2.